The zero-order valence-electron chi connectivity index (χ0n) is 16.9. The highest BCUT2D eigenvalue weighted by Crippen LogP contribution is 2.32. The summed E-state index contributed by atoms with van der Waals surface area (Å²) in [7, 11) is 0. The maximum atomic E-state index is 13.2. The summed E-state index contributed by atoms with van der Waals surface area (Å²) in [6.07, 6.45) is -9.23. The number of aromatic nitrogens is 1. The number of carbonyl (C=O) groups is 1. The number of aryl methyl sites for hydroxylation is 1. The lowest BCUT2D eigenvalue weighted by atomic mass is 10.1. The first-order valence-corrected chi connectivity index (χ1v) is 9.78. The van der Waals surface area contributed by atoms with E-state index in [2.05, 4.69) is 15.6 Å². The first-order chi connectivity index (χ1) is 15.3. The van der Waals surface area contributed by atoms with E-state index in [4.69, 9.17) is 11.6 Å². The van der Waals surface area contributed by atoms with Crippen molar-refractivity contribution in [3.8, 4) is 0 Å². The van der Waals surface area contributed by atoms with Crippen LogP contribution in [0.2, 0.25) is 5.02 Å². The van der Waals surface area contributed by atoms with Crippen molar-refractivity contribution < 1.29 is 31.1 Å². The molecular weight excluding hydrogens is 472 g/mol. The molecule has 0 radical (unpaired) electrons. The molecule has 174 valence electrons. The van der Waals surface area contributed by atoms with Crippen molar-refractivity contribution in [1.82, 2.24) is 10.3 Å². The van der Waals surface area contributed by atoms with Crippen LogP contribution in [0.5, 0.6) is 0 Å². The number of alkyl halides is 6. The molecule has 0 bridgehead atoms. The van der Waals surface area contributed by atoms with Crippen LogP contribution in [0, 0.1) is 6.92 Å². The first kappa shape index (κ1) is 24.4. The summed E-state index contributed by atoms with van der Waals surface area (Å²) in [6.45, 7) is 1.55. The highest BCUT2D eigenvalue weighted by atomic mass is 35.5. The monoisotopic (exact) mass is 487 g/mol. The fourth-order valence-electron chi connectivity index (χ4n) is 2.84. The van der Waals surface area contributed by atoms with Gasteiger partial charge in [-0.2, -0.15) is 26.3 Å². The van der Waals surface area contributed by atoms with Gasteiger partial charge in [-0.25, -0.2) is 4.98 Å². The number of nitrogens with one attached hydrogen (secondary N) is 2. The molecule has 2 N–H and O–H groups in total. The number of hydrogen-bond donors (Lipinski definition) is 2. The van der Waals surface area contributed by atoms with E-state index in [0.29, 0.717) is 27.9 Å². The summed E-state index contributed by atoms with van der Waals surface area (Å²) in [5.41, 5.74) is -0.858. The van der Waals surface area contributed by atoms with Crippen molar-refractivity contribution >= 4 is 29.0 Å². The Labute approximate surface area is 189 Å². The SMILES string of the molecule is Cc1ccc(Cl)cc1Nc1nc(C(F)(F)F)ccc1C(=O)NCc1ccc(C(F)(F)F)cc1. The zero-order valence-corrected chi connectivity index (χ0v) is 17.7. The fraction of sp³-hybridized carbons (Fsp3) is 0.182. The molecule has 0 atom stereocenters. The molecule has 0 saturated carbocycles. The number of anilines is 2. The molecule has 4 nitrogen and oxygen atoms in total. The summed E-state index contributed by atoms with van der Waals surface area (Å²) in [4.78, 5) is 16.2. The Bertz CT molecular complexity index is 1160. The van der Waals surface area contributed by atoms with Gasteiger partial charge in [-0.15, -0.1) is 0 Å². The predicted octanol–water partition coefficient (Wildman–Crippen LogP) is 6.75. The van der Waals surface area contributed by atoms with Crippen molar-refractivity contribution in [3.63, 3.8) is 0 Å². The third kappa shape index (κ3) is 6.16. The molecule has 11 heteroatoms. The van der Waals surface area contributed by atoms with E-state index in [-0.39, 0.29) is 17.9 Å². The lowest BCUT2D eigenvalue weighted by Gasteiger charge is -2.16. The molecule has 3 rings (SSSR count). The van der Waals surface area contributed by atoms with Gasteiger partial charge in [0.2, 0.25) is 0 Å². The fourth-order valence-corrected chi connectivity index (χ4v) is 3.01. The standard InChI is InChI=1S/C22H16ClF6N3O/c1-12-2-7-15(23)10-17(12)31-19-16(8-9-18(32-19)22(27,28)29)20(33)30-11-13-3-5-14(6-4-13)21(24,25)26/h2-10H,11H2,1H3,(H,30,33)(H,31,32). The highest BCUT2D eigenvalue weighted by Gasteiger charge is 2.34. The summed E-state index contributed by atoms with van der Waals surface area (Å²) >= 11 is 5.96. The van der Waals surface area contributed by atoms with E-state index in [1.165, 1.54) is 18.2 Å². The third-order valence-corrected chi connectivity index (χ3v) is 4.85. The second-order valence-electron chi connectivity index (χ2n) is 7.05. The van der Waals surface area contributed by atoms with Gasteiger partial charge in [0.1, 0.15) is 11.5 Å². The Balaban J connectivity index is 1.86. The molecule has 0 aliphatic carbocycles. The molecule has 2 aromatic carbocycles. The molecule has 0 fully saturated rings. The van der Waals surface area contributed by atoms with Crippen molar-refractivity contribution in [3.05, 3.63) is 87.6 Å². The maximum Gasteiger partial charge on any atom is 0.433 e. The van der Waals surface area contributed by atoms with Crippen LogP contribution < -0.4 is 10.6 Å². The number of rotatable bonds is 5. The highest BCUT2D eigenvalue weighted by molar-refractivity contribution is 6.30. The average Bonchev–Trinajstić information content (AvgIpc) is 2.73. The lowest BCUT2D eigenvalue weighted by molar-refractivity contribution is -0.141. The molecule has 1 aromatic heterocycles. The second-order valence-corrected chi connectivity index (χ2v) is 7.49. The van der Waals surface area contributed by atoms with Gasteiger partial charge in [0.25, 0.3) is 5.91 Å². The van der Waals surface area contributed by atoms with E-state index in [9.17, 15) is 31.1 Å². The lowest BCUT2D eigenvalue weighted by Crippen LogP contribution is -2.25. The Morgan fingerprint density at radius 3 is 2.21 bits per heavy atom. The molecule has 3 aromatic rings. The summed E-state index contributed by atoms with van der Waals surface area (Å²) in [5.74, 6) is -1.11. The van der Waals surface area contributed by atoms with Gasteiger partial charge in [-0.05, 0) is 54.4 Å². The maximum absolute atomic E-state index is 13.2. The first-order valence-electron chi connectivity index (χ1n) is 9.40. The average molecular weight is 488 g/mol. The molecule has 1 heterocycles. The predicted molar refractivity (Wildman–Crippen MR) is 111 cm³/mol. The van der Waals surface area contributed by atoms with E-state index in [1.807, 2.05) is 0 Å². The smallest absolute Gasteiger partial charge is 0.348 e. The van der Waals surface area contributed by atoms with Gasteiger partial charge < -0.3 is 10.6 Å². The Kier molecular flexibility index (Phi) is 6.87. The molecule has 1 amide bonds. The Morgan fingerprint density at radius 2 is 1.61 bits per heavy atom. The Morgan fingerprint density at radius 1 is 0.939 bits per heavy atom. The van der Waals surface area contributed by atoms with Crippen LogP contribution in [0.3, 0.4) is 0 Å². The van der Waals surface area contributed by atoms with Crippen molar-refractivity contribution in [1.29, 1.82) is 0 Å². The number of amides is 1. The van der Waals surface area contributed by atoms with Crippen LogP contribution in [0.4, 0.5) is 37.8 Å². The third-order valence-electron chi connectivity index (χ3n) is 4.62. The van der Waals surface area contributed by atoms with Crippen molar-refractivity contribution in [2.24, 2.45) is 0 Å². The summed E-state index contributed by atoms with van der Waals surface area (Å²) < 4.78 is 77.6. The number of pyridine rings is 1. The normalized spacial score (nSPS) is 11.9. The van der Waals surface area contributed by atoms with E-state index in [1.54, 1.807) is 19.1 Å². The minimum atomic E-state index is -4.74. The Hall–Kier alpha value is -3.27. The van der Waals surface area contributed by atoms with Gasteiger partial charge in [-0.1, -0.05) is 29.8 Å². The topological polar surface area (TPSA) is 54.0 Å². The van der Waals surface area contributed by atoms with Crippen LogP contribution in [-0.2, 0) is 18.9 Å². The van der Waals surface area contributed by atoms with E-state index >= 15 is 0 Å². The minimum absolute atomic E-state index is 0.145. The van der Waals surface area contributed by atoms with Crippen LogP contribution in [0.25, 0.3) is 0 Å². The molecule has 0 unspecified atom stereocenters. The molecule has 0 aliphatic rings. The number of carbonyl (C=O) groups excluding carboxylic acids is 1. The molecule has 0 aliphatic heterocycles. The molecule has 0 spiro atoms. The van der Waals surface area contributed by atoms with Crippen molar-refractivity contribution in [2.45, 2.75) is 25.8 Å². The van der Waals surface area contributed by atoms with Gasteiger partial charge in [0.05, 0.1) is 11.1 Å². The van der Waals surface area contributed by atoms with Gasteiger partial charge in [0, 0.05) is 17.3 Å². The number of nitrogens with zero attached hydrogens (tertiary/aromatic N) is 1. The number of halogens is 7. The largest absolute Gasteiger partial charge is 0.433 e. The molecule has 0 saturated heterocycles. The van der Waals surface area contributed by atoms with Crippen LogP contribution in [0.1, 0.15) is 32.7 Å². The van der Waals surface area contributed by atoms with E-state index in [0.717, 1.165) is 18.2 Å². The quantitative estimate of drug-likeness (QED) is 0.391. The van der Waals surface area contributed by atoms with Crippen LogP contribution in [-0.4, -0.2) is 10.9 Å². The molecular formula is C22H16ClF6N3O. The second kappa shape index (κ2) is 9.30. The van der Waals surface area contributed by atoms with Gasteiger partial charge >= 0.3 is 12.4 Å². The zero-order chi connectivity index (χ0) is 24.4. The van der Waals surface area contributed by atoms with Gasteiger partial charge in [-0.3, -0.25) is 4.79 Å². The number of hydrogen-bond acceptors (Lipinski definition) is 3. The van der Waals surface area contributed by atoms with Crippen LogP contribution >= 0.6 is 11.6 Å². The van der Waals surface area contributed by atoms with E-state index < -0.39 is 29.5 Å². The summed E-state index contributed by atoms with van der Waals surface area (Å²) in [5, 5.41) is 5.51. The minimum Gasteiger partial charge on any atom is -0.348 e. The number of benzene rings is 2. The summed E-state index contributed by atoms with van der Waals surface area (Å²) in [6, 6.07) is 10.5. The molecule has 33 heavy (non-hydrogen) atoms. The van der Waals surface area contributed by atoms with Gasteiger partial charge in [0.15, 0.2) is 0 Å². The van der Waals surface area contributed by atoms with Crippen LogP contribution in [0.15, 0.2) is 54.6 Å². The van der Waals surface area contributed by atoms with Crippen molar-refractivity contribution in [2.75, 3.05) is 5.32 Å².